The van der Waals surface area contributed by atoms with E-state index in [1.807, 2.05) is 30.3 Å². The SMILES string of the molecule is O=C(Nc1n[nH]c(C2CCC2)n1)C(c1ccccc1)N1CCCCC1=O. The van der Waals surface area contributed by atoms with Gasteiger partial charge in [-0.1, -0.05) is 36.8 Å². The van der Waals surface area contributed by atoms with Gasteiger partial charge in [-0.05, 0) is 31.2 Å². The van der Waals surface area contributed by atoms with E-state index in [1.165, 1.54) is 6.42 Å². The number of hydrogen-bond donors (Lipinski definition) is 2. The largest absolute Gasteiger partial charge is 0.327 e. The highest BCUT2D eigenvalue weighted by Crippen LogP contribution is 2.34. The number of aromatic nitrogens is 3. The molecule has 2 N–H and O–H groups in total. The summed E-state index contributed by atoms with van der Waals surface area (Å²) in [5, 5.41) is 9.85. The Morgan fingerprint density at radius 2 is 2.00 bits per heavy atom. The molecule has 2 amide bonds. The van der Waals surface area contributed by atoms with Gasteiger partial charge in [0, 0.05) is 18.9 Å². The van der Waals surface area contributed by atoms with Gasteiger partial charge in [0.1, 0.15) is 11.9 Å². The summed E-state index contributed by atoms with van der Waals surface area (Å²) in [6.45, 7) is 0.590. The van der Waals surface area contributed by atoms with Gasteiger partial charge in [0.25, 0.3) is 5.91 Å². The second kappa shape index (κ2) is 7.27. The van der Waals surface area contributed by atoms with Gasteiger partial charge in [0.05, 0.1) is 0 Å². The van der Waals surface area contributed by atoms with Gasteiger partial charge in [0.15, 0.2) is 0 Å². The molecule has 1 aromatic carbocycles. The molecule has 4 rings (SSSR count). The third kappa shape index (κ3) is 3.34. The van der Waals surface area contributed by atoms with E-state index in [0.29, 0.717) is 18.9 Å². The lowest BCUT2D eigenvalue weighted by molar-refractivity contribution is -0.141. The van der Waals surface area contributed by atoms with Crippen LogP contribution in [0.15, 0.2) is 30.3 Å². The van der Waals surface area contributed by atoms with Crippen LogP contribution in [0.1, 0.15) is 61.9 Å². The van der Waals surface area contributed by atoms with Crippen LogP contribution in [0.2, 0.25) is 0 Å². The Balaban J connectivity index is 1.55. The molecule has 2 fully saturated rings. The van der Waals surface area contributed by atoms with E-state index in [2.05, 4.69) is 20.5 Å². The smallest absolute Gasteiger partial charge is 0.254 e. The van der Waals surface area contributed by atoms with E-state index in [-0.39, 0.29) is 17.8 Å². The Labute approximate surface area is 152 Å². The summed E-state index contributed by atoms with van der Waals surface area (Å²) in [5.41, 5.74) is 0.801. The Morgan fingerprint density at radius 1 is 1.19 bits per heavy atom. The Hall–Kier alpha value is -2.70. The molecule has 1 atom stereocenters. The Bertz CT molecular complexity index is 784. The van der Waals surface area contributed by atoms with Gasteiger partial charge in [-0.25, -0.2) is 0 Å². The minimum absolute atomic E-state index is 0.0189. The summed E-state index contributed by atoms with van der Waals surface area (Å²) in [7, 11) is 0. The second-order valence-electron chi connectivity index (χ2n) is 7.02. The molecule has 1 saturated heterocycles. The fourth-order valence-electron chi connectivity index (χ4n) is 3.58. The maximum Gasteiger partial charge on any atom is 0.254 e. The predicted molar refractivity (Wildman–Crippen MR) is 96.4 cm³/mol. The van der Waals surface area contributed by atoms with E-state index in [1.54, 1.807) is 4.90 Å². The molecule has 0 bridgehead atoms. The standard InChI is InChI=1S/C19H23N5O2/c25-15-11-4-5-12-24(15)16(13-7-2-1-3-8-13)18(26)21-19-20-17(22-23-19)14-9-6-10-14/h1-3,7-8,14,16H,4-6,9-12H2,(H2,20,21,22,23,26). The lowest BCUT2D eigenvalue weighted by Gasteiger charge is -2.33. The molecule has 7 heteroatoms. The number of hydrogen-bond acceptors (Lipinski definition) is 4. The number of amides is 2. The number of nitrogens with zero attached hydrogens (tertiary/aromatic N) is 3. The van der Waals surface area contributed by atoms with E-state index in [9.17, 15) is 9.59 Å². The minimum atomic E-state index is -0.658. The maximum absolute atomic E-state index is 13.0. The van der Waals surface area contributed by atoms with Gasteiger partial charge in [-0.3, -0.25) is 20.0 Å². The Morgan fingerprint density at radius 3 is 2.69 bits per heavy atom. The summed E-state index contributed by atoms with van der Waals surface area (Å²) in [4.78, 5) is 31.5. The molecular formula is C19H23N5O2. The van der Waals surface area contributed by atoms with E-state index >= 15 is 0 Å². The fraction of sp³-hybridized carbons (Fsp3) is 0.474. The highest BCUT2D eigenvalue weighted by Gasteiger charge is 2.33. The molecule has 2 aliphatic rings. The average molecular weight is 353 g/mol. The van der Waals surface area contributed by atoms with Gasteiger partial charge in [0.2, 0.25) is 11.9 Å². The number of likely N-dealkylation sites (tertiary alicyclic amines) is 1. The number of carbonyl (C=O) groups excluding carboxylic acids is 2. The quantitative estimate of drug-likeness (QED) is 0.865. The number of aromatic amines is 1. The van der Waals surface area contributed by atoms with Crippen LogP contribution in [-0.4, -0.2) is 38.4 Å². The van der Waals surface area contributed by atoms with E-state index < -0.39 is 6.04 Å². The first-order valence-corrected chi connectivity index (χ1v) is 9.30. The summed E-state index contributed by atoms with van der Waals surface area (Å²) in [6, 6.07) is 8.76. The first-order valence-electron chi connectivity index (χ1n) is 9.30. The number of nitrogens with one attached hydrogen (secondary N) is 2. The molecule has 1 aliphatic heterocycles. The van der Waals surface area contributed by atoms with Crippen LogP contribution in [0.25, 0.3) is 0 Å². The molecule has 0 spiro atoms. The molecule has 2 heterocycles. The van der Waals surface area contributed by atoms with Crippen molar-refractivity contribution in [1.82, 2.24) is 20.1 Å². The maximum atomic E-state index is 13.0. The van der Waals surface area contributed by atoms with Crippen molar-refractivity contribution >= 4 is 17.8 Å². The zero-order valence-electron chi connectivity index (χ0n) is 14.6. The van der Waals surface area contributed by atoms with Gasteiger partial charge in [-0.2, -0.15) is 4.98 Å². The van der Waals surface area contributed by atoms with Crippen LogP contribution in [0.4, 0.5) is 5.95 Å². The first kappa shape index (κ1) is 16.8. The average Bonchev–Trinajstić information content (AvgIpc) is 3.04. The Kier molecular flexibility index (Phi) is 4.69. The molecule has 136 valence electrons. The van der Waals surface area contributed by atoms with Gasteiger partial charge in [-0.15, -0.1) is 5.10 Å². The third-order valence-corrected chi connectivity index (χ3v) is 5.26. The highest BCUT2D eigenvalue weighted by molar-refractivity contribution is 5.96. The molecule has 2 aromatic rings. The van der Waals surface area contributed by atoms with Gasteiger partial charge < -0.3 is 4.90 Å². The zero-order chi connectivity index (χ0) is 17.9. The van der Waals surface area contributed by atoms with Crippen LogP contribution < -0.4 is 5.32 Å². The van der Waals surface area contributed by atoms with Crippen LogP contribution >= 0.6 is 0 Å². The number of rotatable bonds is 5. The number of benzene rings is 1. The summed E-state index contributed by atoms with van der Waals surface area (Å²) in [5.74, 6) is 1.27. The molecular weight excluding hydrogens is 330 g/mol. The summed E-state index contributed by atoms with van der Waals surface area (Å²) < 4.78 is 0. The molecule has 1 aliphatic carbocycles. The normalized spacial score (nSPS) is 19.1. The van der Waals surface area contributed by atoms with Crippen LogP contribution in [-0.2, 0) is 9.59 Å². The lowest BCUT2D eigenvalue weighted by Crippen LogP contribution is -2.43. The molecule has 1 unspecified atom stereocenters. The van der Waals surface area contributed by atoms with Crippen molar-refractivity contribution in [3.05, 3.63) is 41.7 Å². The van der Waals surface area contributed by atoms with Crippen LogP contribution in [0.5, 0.6) is 0 Å². The van der Waals surface area contributed by atoms with Crippen molar-refractivity contribution in [1.29, 1.82) is 0 Å². The van der Waals surface area contributed by atoms with Crippen molar-refractivity contribution in [2.45, 2.75) is 50.5 Å². The van der Waals surface area contributed by atoms with Crippen molar-refractivity contribution in [2.75, 3.05) is 11.9 Å². The van der Waals surface area contributed by atoms with Crippen molar-refractivity contribution in [3.63, 3.8) is 0 Å². The topological polar surface area (TPSA) is 91.0 Å². The zero-order valence-corrected chi connectivity index (χ0v) is 14.6. The molecule has 0 radical (unpaired) electrons. The van der Waals surface area contributed by atoms with Crippen molar-refractivity contribution < 1.29 is 9.59 Å². The van der Waals surface area contributed by atoms with E-state index in [4.69, 9.17) is 0 Å². The fourth-order valence-corrected chi connectivity index (χ4v) is 3.58. The first-order chi connectivity index (χ1) is 12.7. The minimum Gasteiger partial charge on any atom is -0.327 e. The van der Waals surface area contributed by atoms with Crippen LogP contribution in [0.3, 0.4) is 0 Å². The summed E-state index contributed by atoms with van der Waals surface area (Å²) >= 11 is 0. The van der Waals surface area contributed by atoms with Crippen LogP contribution in [0, 0.1) is 0 Å². The second-order valence-corrected chi connectivity index (χ2v) is 7.02. The monoisotopic (exact) mass is 353 g/mol. The molecule has 26 heavy (non-hydrogen) atoms. The number of piperidine rings is 1. The number of anilines is 1. The third-order valence-electron chi connectivity index (χ3n) is 5.26. The molecule has 7 nitrogen and oxygen atoms in total. The van der Waals surface area contributed by atoms with Crippen molar-refractivity contribution in [3.8, 4) is 0 Å². The molecule has 1 aromatic heterocycles. The summed E-state index contributed by atoms with van der Waals surface area (Å²) in [6.07, 6.45) is 5.71. The molecule has 1 saturated carbocycles. The number of carbonyl (C=O) groups is 2. The highest BCUT2D eigenvalue weighted by atomic mass is 16.2. The predicted octanol–water partition coefficient (Wildman–Crippen LogP) is 2.76. The van der Waals surface area contributed by atoms with E-state index in [0.717, 1.165) is 37.1 Å². The van der Waals surface area contributed by atoms with Gasteiger partial charge >= 0.3 is 0 Å². The lowest BCUT2D eigenvalue weighted by atomic mass is 9.85. The van der Waals surface area contributed by atoms with Crippen molar-refractivity contribution in [2.24, 2.45) is 0 Å². The number of H-pyrrole nitrogens is 1.